The quantitative estimate of drug-likeness (QED) is 0.511. The van der Waals surface area contributed by atoms with Gasteiger partial charge in [-0.2, -0.15) is 0 Å². The second-order valence-corrected chi connectivity index (χ2v) is 2.08. The van der Waals surface area contributed by atoms with Gasteiger partial charge in [0.05, 0.1) is 0 Å². The number of rotatable bonds is 3. The maximum Gasteiger partial charge on any atom is 0.478 e. The fourth-order valence-corrected chi connectivity index (χ4v) is 0.613. The first-order valence-corrected chi connectivity index (χ1v) is 3.20. The van der Waals surface area contributed by atoms with Crippen LogP contribution in [-0.2, 0) is 0 Å². The van der Waals surface area contributed by atoms with Crippen molar-refractivity contribution in [2.45, 2.75) is 0 Å². The highest BCUT2D eigenvalue weighted by atomic mass is 16.6. The molecule has 0 spiro atoms. The lowest BCUT2D eigenvalue weighted by Gasteiger charge is -1.93. The molecule has 11 heteroatoms. The van der Waals surface area contributed by atoms with Crippen LogP contribution in [0.1, 0.15) is 10.6 Å². The van der Waals surface area contributed by atoms with Crippen molar-refractivity contribution >= 4 is 17.9 Å². The molecule has 0 aliphatic heterocycles. The monoisotopic (exact) mass is 215 g/mol. The Kier molecular flexibility index (Phi) is 2.46. The van der Waals surface area contributed by atoms with Crippen molar-refractivity contribution in [2.24, 2.45) is 0 Å². The number of aromatic nitrogens is 3. The molecule has 0 fully saturated rings. The van der Waals surface area contributed by atoms with Gasteiger partial charge in [0.2, 0.25) is 0 Å². The molecule has 0 aromatic carbocycles. The van der Waals surface area contributed by atoms with Crippen LogP contribution in [0.2, 0.25) is 0 Å². The molecule has 1 N–H and O–H groups in total. The normalized spacial score (nSPS) is 9.60. The SMILES string of the molecule is O=C(O)c1nc([N+](=O)[O-])nc([N+](=O)[O-])n1. The lowest BCUT2D eigenvalue weighted by Crippen LogP contribution is -2.11. The number of hydrogen-bond acceptors (Lipinski definition) is 8. The Morgan fingerprint density at radius 1 is 1.07 bits per heavy atom. The molecule has 0 atom stereocenters. The van der Waals surface area contributed by atoms with Crippen molar-refractivity contribution in [2.75, 3.05) is 0 Å². The summed E-state index contributed by atoms with van der Waals surface area (Å²) < 4.78 is 0. The first kappa shape index (κ1) is 10.4. The molecule has 0 saturated carbocycles. The van der Waals surface area contributed by atoms with E-state index in [0.717, 1.165) is 0 Å². The highest BCUT2D eigenvalue weighted by Gasteiger charge is 2.27. The summed E-state index contributed by atoms with van der Waals surface area (Å²) in [5, 5.41) is 28.8. The fourth-order valence-electron chi connectivity index (χ4n) is 0.613. The second kappa shape index (κ2) is 3.57. The van der Waals surface area contributed by atoms with E-state index in [1.165, 1.54) is 0 Å². The van der Waals surface area contributed by atoms with E-state index in [2.05, 4.69) is 15.0 Å². The highest BCUT2D eigenvalue weighted by molar-refractivity contribution is 5.83. The summed E-state index contributed by atoms with van der Waals surface area (Å²) in [4.78, 5) is 37.0. The van der Waals surface area contributed by atoms with Crippen LogP contribution in [0.15, 0.2) is 0 Å². The number of hydrogen-bond donors (Lipinski definition) is 1. The van der Waals surface area contributed by atoms with Crippen molar-refractivity contribution in [3.05, 3.63) is 26.1 Å². The minimum Gasteiger partial charge on any atom is -0.473 e. The van der Waals surface area contributed by atoms with Crippen molar-refractivity contribution in [1.82, 2.24) is 15.0 Å². The first-order chi connectivity index (χ1) is 6.91. The van der Waals surface area contributed by atoms with E-state index in [0.29, 0.717) is 0 Å². The molecule has 0 aliphatic rings. The van der Waals surface area contributed by atoms with E-state index in [4.69, 9.17) is 5.11 Å². The first-order valence-electron chi connectivity index (χ1n) is 3.20. The molecule has 15 heavy (non-hydrogen) atoms. The average Bonchev–Trinajstić information content (AvgIpc) is 2.16. The zero-order valence-corrected chi connectivity index (χ0v) is 6.72. The third kappa shape index (κ3) is 2.15. The highest BCUT2D eigenvalue weighted by Crippen LogP contribution is 2.09. The summed E-state index contributed by atoms with van der Waals surface area (Å²) in [6.07, 6.45) is 0. The topological polar surface area (TPSA) is 162 Å². The zero-order valence-electron chi connectivity index (χ0n) is 6.72. The van der Waals surface area contributed by atoms with Crippen molar-refractivity contribution in [3.8, 4) is 0 Å². The van der Waals surface area contributed by atoms with Crippen LogP contribution in [0.25, 0.3) is 0 Å². The molecule has 1 aromatic heterocycles. The Morgan fingerprint density at radius 3 is 1.73 bits per heavy atom. The van der Waals surface area contributed by atoms with Crippen molar-refractivity contribution in [1.29, 1.82) is 0 Å². The van der Waals surface area contributed by atoms with Crippen LogP contribution in [0.3, 0.4) is 0 Å². The van der Waals surface area contributed by atoms with Crippen molar-refractivity contribution in [3.63, 3.8) is 0 Å². The summed E-state index contributed by atoms with van der Waals surface area (Å²) in [5.74, 6) is -5.14. The third-order valence-electron chi connectivity index (χ3n) is 1.13. The van der Waals surface area contributed by atoms with E-state index >= 15 is 0 Å². The number of carbonyl (C=O) groups is 1. The Bertz CT molecular complexity index is 378. The van der Waals surface area contributed by atoms with E-state index in [9.17, 15) is 25.0 Å². The molecule has 11 nitrogen and oxygen atoms in total. The molecule has 1 heterocycles. The predicted octanol–water partition coefficient (Wildman–Crippen LogP) is -0.614. The average molecular weight is 215 g/mol. The van der Waals surface area contributed by atoms with Gasteiger partial charge in [0, 0.05) is 4.98 Å². The van der Waals surface area contributed by atoms with E-state index < -0.39 is 33.5 Å². The fraction of sp³-hybridized carbons (Fsp3) is 0. The van der Waals surface area contributed by atoms with Gasteiger partial charge in [-0.15, -0.1) is 0 Å². The molecule has 0 aliphatic carbocycles. The van der Waals surface area contributed by atoms with Gasteiger partial charge >= 0.3 is 23.7 Å². The van der Waals surface area contributed by atoms with Crippen LogP contribution in [0, 0.1) is 20.2 Å². The molecule has 0 amide bonds. The summed E-state index contributed by atoms with van der Waals surface area (Å²) in [7, 11) is 0. The van der Waals surface area contributed by atoms with Crippen LogP contribution in [0.4, 0.5) is 11.9 Å². The molecule has 0 saturated heterocycles. The molecule has 1 rings (SSSR count). The minimum atomic E-state index is -1.72. The Labute approximate surface area is 79.7 Å². The maximum absolute atomic E-state index is 10.4. The van der Waals surface area contributed by atoms with Crippen LogP contribution in [0.5, 0.6) is 0 Å². The van der Waals surface area contributed by atoms with E-state index in [1.807, 2.05) is 0 Å². The largest absolute Gasteiger partial charge is 0.478 e. The maximum atomic E-state index is 10.4. The number of carboxylic acids is 1. The number of nitrogens with zero attached hydrogens (tertiary/aromatic N) is 5. The van der Waals surface area contributed by atoms with Crippen LogP contribution in [-0.4, -0.2) is 35.9 Å². The van der Waals surface area contributed by atoms with Crippen LogP contribution >= 0.6 is 0 Å². The molecule has 0 bridgehead atoms. The smallest absolute Gasteiger partial charge is 0.473 e. The standard InChI is InChI=1S/C4HN5O6/c10-2(11)1-5-3(8(12)13)7-4(6-1)9(14)15/h(H,10,11). The van der Waals surface area contributed by atoms with Gasteiger partial charge < -0.3 is 25.3 Å². The summed E-state index contributed by atoms with van der Waals surface area (Å²) in [6, 6.07) is 0. The van der Waals surface area contributed by atoms with Gasteiger partial charge in [-0.1, -0.05) is 0 Å². The summed E-state index contributed by atoms with van der Waals surface area (Å²) in [6.45, 7) is 0. The Morgan fingerprint density at radius 2 is 1.47 bits per heavy atom. The molecule has 0 radical (unpaired) electrons. The van der Waals surface area contributed by atoms with Gasteiger partial charge in [-0.3, -0.25) is 0 Å². The summed E-state index contributed by atoms with van der Waals surface area (Å²) in [5.41, 5.74) is 0. The number of nitro groups is 2. The third-order valence-corrected chi connectivity index (χ3v) is 1.13. The molecule has 0 unspecified atom stereocenters. The van der Waals surface area contributed by atoms with Gasteiger partial charge in [0.25, 0.3) is 0 Å². The Hall–Kier alpha value is -2.72. The molecular formula is C4HN5O6. The minimum absolute atomic E-state index is 1.05. The van der Waals surface area contributed by atoms with Crippen molar-refractivity contribution < 1.29 is 19.7 Å². The predicted molar refractivity (Wildman–Crippen MR) is 40.1 cm³/mol. The van der Waals surface area contributed by atoms with E-state index in [1.54, 1.807) is 0 Å². The van der Waals surface area contributed by atoms with Crippen LogP contribution < -0.4 is 0 Å². The lowest BCUT2D eigenvalue weighted by atomic mass is 10.6. The molecular weight excluding hydrogens is 214 g/mol. The number of aromatic carboxylic acids is 1. The molecule has 1 aromatic rings. The summed E-state index contributed by atoms with van der Waals surface area (Å²) >= 11 is 0. The molecule has 78 valence electrons. The van der Waals surface area contributed by atoms with Gasteiger partial charge in [0.15, 0.2) is 0 Å². The zero-order chi connectivity index (χ0) is 11.6. The second-order valence-electron chi connectivity index (χ2n) is 2.08. The Balaban J connectivity index is 3.39. The number of carboxylic acid groups (broad SMARTS) is 1. The van der Waals surface area contributed by atoms with Gasteiger partial charge in [-0.25, -0.2) is 4.79 Å². The van der Waals surface area contributed by atoms with Gasteiger partial charge in [0.1, 0.15) is 0 Å². The van der Waals surface area contributed by atoms with Gasteiger partial charge in [-0.05, 0) is 19.8 Å². The lowest BCUT2D eigenvalue weighted by molar-refractivity contribution is -0.409. The van der Waals surface area contributed by atoms with E-state index in [-0.39, 0.29) is 0 Å².